The summed E-state index contributed by atoms with van der Waals surface area (Å²) in [5, 5.41) is 3.60. The molecule has 2 aromatic heterocycles. The zero-order chi connectivity index (χ0) is 17.4. The predicted octanol–water partition coefficient (Wildman–Crippen LogP) is 1.32. The van der Waals surface area contributed by atoms with Crippen molar-refractivity contribution >= 4 is 11.8 Å². The number of hydrogen-bond acceptors (Lipinski definition) is 5. The van der Waals surface area contributed by atoms with Gasteiger partial charge in [0, 0.05) is 44.2 Å². The van der Waals surface area contributed by atoms with Crippen LogP contribution in [0.25, 0.3) is 0 Å². The van der Waals surface area contributed by atoms with Crippen molar-refractivity contribution in [2.45, 2.75) is 38.1 Å². The topological polar surface area (TPSA) is 95.3 Å². The van der Waals surface area contributed by atoms with Crippen molar-refractivity contribution in [3.63, 3.8) is 0 Å². The minimum absolute atomic E-state index is 0.142. The first kappa shape index (κ1) is 15.9. The monoisotopic (exact) mass is 343 g/mol. The Balaban J connectivity index is 1.60. The van der Waals surface area contributed by atoms with Crippen LogP contribution < -0.4 is 0 Å². The fourth-order valence-electron chi connectivity index (χ4n) is 4.10. The predicted molar refractivity (Wildman–Crippen MR) is 87.6 cm³/mol. The number of carbonyl (C=O) groups excluding carboxylic acids is 2. The molecule has 1 N–H and O–H groups in total. The SMILES string of the molecule is CCC(=O)N1CCc2[nH]cnc2C12CCN(C(=O)c1ccno1)CC2. The molecule has 1 spiro atoms. The molecule has 0 atom stereocenters. The zero-order valence-corrected chi connectivity index (χ0v) is 14.2. The van der Waals surface area contributed by atoms with Crippen molar-refractivity contribution in [3.8, 4) is 0 Å². The zero-order valence-electron chi connectivity index (χ0n) is 14.2. The Morgan fingerprint density at radius 1 is 1.32 bits per heavy atom. The number of nitrogens with one attached hydrogen (secondary N) is 1. The summed E-state index contributed by atoms with van der Waals surface area (Å²) in [6, 6.07) is 1.58. The molecule has 0 aromatic carbocycles. The van der Waals surface area contributed by atoms with Gasteiger partial charge in [-0.1, -0.05) is 12.1 Å². The van der Waals surface area contributed by atoms with Gasteiger partial charge < -0.3 is 19.3 Å². The van der Waals surface area contributed by atoms with Gasteiger partial charge in [-0.3, -0.25) is 9.59 Å². The molecule has 8 heteroatoms. The van der Waals surface area contributed by atoms with Crippen LogP contribution >= 0.6 is 0 Å². The van der Waals surface area contributed by atoms with Crippen LogP contribution in [0.3, 0.4) is 0 Å². The second kappa shape index (κ2) is 6.02. The van der Waals surface area contributed by atoms with Crippen LogP contribution in [0, 0.1) is 0 Å². The molecule has 1 fully saturated rings. The highest BCUT2D eigenvalue weighted by atomic mass is 16.5. The van der Waals surface area contributed by atoms with Crippen LogP contribution in [0.15, 0.2) is 23.1 Å². The van der Waals surface area contributed by atoms with E-state index in [0.717, 1.165) is 17.8 Å². The van der Waals surface area contributed by atoms with Gasteiger partial charge in [0.1, 0.15) is 0 Å². The highest BCUT2D eigenvalue weighted by Crippen LogP contribution is 2.42. The molecule has 0 aliphatic carbocycles. The van der Waals surface area contributed by atoms with E-state index in [9.17, 15) is 9.59 Å². The molecule has 2 aliphatic heterocycles. The van der Waals surface area contributed by atoms with Gasteiger partial charge in [-0.25, -0.2) is 4.98 Å². The van der Waals surface area contributed by atoms with Crippen molar-refractivity contribution in [2.75, 3.05) is 19.6 Å². The Morgan fingerprint density at radius 3 is 2.80 bits per heavy atom. The van der Waals surface area contributed by atoms with E-state index in [1.165, 1.54) is 6.20 Å². The van der Waals surface area contributed by atoms with Crippen LogP contribution in [0.4, 0.5) is 0 Å². The summed E-state index contributed by atoms with van der Waals surface area (Å²) >= 11 is 0. The average molecular weight is 343 g/mol. The van der Waals surface area contributed by atoms with E-state index in [4.69, 9.17) is 4.52 Å². The maximum Gasteiger partial charge on any atom is 0.292 e. The first-order chi connectivity index (χ1) is 12.2. The number of fused-ring (bicyclic) bond motifs is 2. The highest BCUT2D eigenvalue weighted by Gasteiger charge is 2.48. The molecule has 2 amide bonds. The summed E-state index contributed by atoms with van der Waals surface area (Å²) in [5.41, 5.74) is 1.65. The second-order valence-corrected chi connectivity index (χ2v) is 6.58. The molecule has 0 radical (unpaired) electrons. The third kappa shape index (κ3) is 2.43. The van der Waals surface area contributed by atoms with E-state index in [-0.39, 0.29) is 17.6 Å². The maximum absolute atomic E-state index is 12.6. The lowest BCUT2D eigenvalue weighted by Crippen LogP contribution is -2.58. The first-order valence-corrected chi connectivity index (χ1v) is 8.69. The fourth-order valence-corrected chi connectivity index (χ4v) is 4.10. The number of imidazole rings is 1. The molecular weight excluding hydrogens is 322 g/mol. The Kier molecular flexibility index (Phi) is 3.82. The highest BCUT2D eigenvalue weighted by molar-refractivity contribution is 5.91. The molecule has 1 saturated heterocycles. The number of likely N-dealkylation sites (tertiary alicyclic amines) is 1. The number of amides is 2. The summed E-state index contributed by atoms with van der Waals surface area (Å²) in [6.07, 6.45) is 5.80. The van der Waals surface area contributed by atoms with E-state index >= 15 is 0 Å². The van der Waals surface area contributed by atoms with Gasteiger partial charge >= 0.3 is 0 Å². The van der Waals surface area contributed by atoms with Crippen LogP contribution in [0.2, 0.25) is 0 Å². The Hall–Kier alpha value is -2.64. The van der Waals surface area contributed by atoms with Gasteiger partial charge in [-0.15, -0.1) is 0 Å². The largest absolute Gasteiger partial charge is 0.351 e. The van der Waals surface area contributed by atoms with E-state index < -0.39 is 5.54 Å². The summed E-state index contributed by atoms with van der Waals surface area (Å²) in [4.78, 5) is 36.5. The van der Waals surface area contributed by atoms with Crippen LogP contribution in [-0.2, 0) is 16.8 Å². The number of carbonyl (C=O) groups is 2. The summed E-state index contributed by atoms with van der Waals surface area (Å²) < 4.78 is 4.98. The van der Waals surface area contributed by atoms with E-state index in [2.05, 4.69) is 15.1 Å². The fraction of sp³-hybridized carbons (Fsp3) is 0.529. The van der Waals surface area contributed by atoms with Crippen molar-refractivity contribution in [3.05, 3.63) is 35.7 Å². The van der Waals surface area contributed by atoms with E-state index in [1.54, 1.807) is 17.3 Å². The van der Waals surface area contributed by atoms with Gasteiger partial charge in [0.25, 0.3) is 5.91 Å². The van der Waals surface area contributed by atoms with E-state index in [0.29, 0.717) is 38.9 Å². The average Bonchev–Trinajstić information content (AvgIpc) is 3.33. The normalized spacial score (nSPS) is 19.1. The molecule has 4 heterocycles. The third-order valence-electron chi connectivity index (χ3n) is 5.39. The first-order valence-electron chi connectivity index (χ1n) is 8.69. The minimum atomic E-state index is -0.418. The van der Waals surface area contributed by atoms with Gasteiger partial charge in [-0.2, -0.15) is 0 Å². The molecule has 0 bridgehead atoms. The molecule has 0 unspecified atom stereocenters. The third-order valence-corrected chi connectivity index (χ3v) is 5.39. The molecule has 2 aliphatic rings. The van der Waals surface area contributed by atoms with E-state index in [1.807, 2.05) is 11.8 Å². The number of aromatic nitrogens is 3. The quantitative estimate of drug-likeness (QED) is 0.887. The van der Waals surface area contributed by atoms with Crippen LogP contribution in [0.1, 0.15) is 48.1 Å². The molecule has 2 aromatic rings. The van der Waals surface area contributed by atoms with Crippen molar-refractivity contribution in [1.29, 1.82) is 0 Å². The number of piperidine rings is 1. The lowest BCUT2D eigenvalue weighted by Gasteiger charge is -2.50. The Labute approximate surface area is 145 Å². The number of rotatable bonds is 2. The smallest absolute Gasteiger partial charge is 0.292 e. The molecule has 8 nitrogen and oxygen atoms in total. The van der Waals surface area contributed by atoms with Gasteiger partial charge in [0.15, 0.2) is 0 Å². The number of aromatic amines is 1. The summed E-state index contributed by atoms with van der Waals surface area (Å²) in [5.74, 6) is 0.240. The van der Waals surface area contributed by atoms with Gasteiger partial charge in [0.05, 0.1) is 23.8 Å². The number of nitrogens with zero attached hydrogens (tertiary/aromatic N) is 4. The van der Waals surface area contributed by atoms with Gasteiger partial charge in [0.2, 0.25) is 11.7 Å². The molecule has 0 saturated carbocycles. The van der Waals surface area contributed by atoms with Crippen LogP contribution in [-0.4, -0.2) is 56.4 Å². The van der Waals surface area contributed by atoms with Crippen molar-refractivity contribution < 1.29 is 14.1 Å². The molecular formula is C17H21N5O3. The molecule has 132 valence electrons. The van der Waals surface area contributed by atoms with Crippen molar-refractivity contribution in [1.82, 2.24) is 24.9 Å². The lowest BCUT2D eigenvalue weighted by molar-refractivity contribution is -0.141. The molecule has 4 rings (SSSR count). The van der Waals surface area contributed by atoms with Crippen LogP contribution in [0.5, 0.6) is 0 Å². The Bertz CT molecular complexity index is 774. The Morgan fingerprint density at radius 2 is 2.12 bits per heavy atom. The standard InChI is InChI=1S/C17H21N5O3/c1-2-14(23)22-8-4-12-15(19-11-18-12)17(22)5-9-21(10-6-17)16(24)13-3-7-20-25-13/h3,7,11H,2,4-6,8-10H2,1H3,(H,18,19). The summed E-state index contributed by atoms with van der Waals surface area (Å²) in [6.45, 7) is 3.69. The van der Waals surface area contributed by atoms with Crippen molar-refractivity contribution in [2.24, 2.45) is 0 Å². The molecule has 25 heavy (non-hydrogen) atoms. The maximum atomic E-state index is 12.6. The number of H-pyrrole nitrogens is 1. The second-order valence-electron chi connectivity index (χ2n) is 6.58. The summed E-state index contributed by atoms with van der Waals surface area (Å²) in [7, 11) is 0. The minimum Gasteiger partial charge on any atom is -0.351 e. The van der Waals surface area contributed by atoms with Gasteiger partial charge in [-0.05, 0) is 12.8 Å². The lowest BCUT2D eigenvalue weighted by atomic mass is 9.78. The number of hydrogen-bond donors (Lipinski definition) is 1.